The molecule has 0 atom stereocenters. The number of rotatable bonds is 1. The molecule has 0 fully saturated rings. The predicted molar refractivity (Wildman–Crippen MR) is 81.1 cm³/mol. The number of benzene rings is 1. The lowest BCUT2D eigenvalue weighted by Crippen LogP contribution is -2.17. The number of H-pyrrole nitrogens is 1. The number of fused-ring (bicyclic) bond motifs is 2. The van der Waals surface area contributed by atoms with Gasteiger partial charge in [0.15, 0.2) is 0 Å². The van der Waals surface area contributed by atoms with Gasteiger partial charge < -0.3 is 4.98 Å². The van der Waals surface area contributed by atoms with E-state index in [1.54, 1.807) is 24.3 Å². The number of thiophene rings is 1. The average Bonchev–Trinajstić information content (AvgIpc) is 2.93. The third-order valence-electron chi connectivity index (χ3n) is 3.21. The summed E-state index contributed by atoms with van der Waals surface area (Å²) < 4.78 is 1.93. The minimum absolute atomic E-state index is 0.163. The van der Waals surface area contributed by atoms with Crippen LogP contribution in [0.5, 0.6) is 0 Å². The highest BCUT2D eigenvalue weighted by atomic mass is 32.1. The van der Waals surface area contributed by atoms with E-state index >= 15 is 0 Å². The van der Waals surface area contributed by atoms with E-state index in [9.17, 15) is 9.59 Å². The lowest BCUT2D eigenvalue weighted by Gasteiger charge is -2.02. The lowest BCUT2D eigenvalue weighted by atomic mass is 10.2. The Morgan fingerprint density at radius 1 is 1.10 bits per heavy atom. The molecule has 6 nitrogen and oxygen atoms in total. The third-order valence-corrected chi connectivity index (χ3v) is 4.33. The summed E-state index contributed by atoms with van der Waals surface area (Å²) in [6.07, 6.45) is 2.83. The lowest BCUT2D eigenvalue weighted by molar-refractivity contribution is 0.983. The number of aromatic nitrogens is 4. The van der Waals surface area contributed by atoms with Crippen molar-refractivity contribution in [3.8, 4) is 5.00 Å². The standard InChI is InChI=1S/C14H8N4O2S/c19-13-12-10(15-6-16-13)5-11(21-12)18-7-17-9-4-2-1-3-8(9)14(18)20/h1-7H,(H,15,16,19). The van der Waals surface area contributed by atoms with Gasteiger partial charge in [0.05, 0.1) is 22.7 Å². The Morgan fingerprint density at radius 3 is 2.81 bits per heavy atom. The maximum Gasteiger partial charge on any atom is 0.268 e. The number of aromatic amines is 1. The summed E-state index contributed by atoms with van der Waals surface area (Å²) >= 11 is 1.22. The van der Waals surface area contributed by atoms with Gasteiger partial charge in [-0.25, -0.2) is 9.97 Å². The second kappa shape index (κ2) is 4.35. The van der Waals surface area contributed by atoms with Gasteiger partial charge in [-0.1, -0.05) is 12.1 Å². The fourth-order valence-corrected chi connectivity index (χ4v) is 3.17. The van der Waals surface area contributed by atoms with Gasteiger partial charge in [0, 0.05) is 6.07 Å². The van der Waals surface area contributed by atoms with Crippen LogP contribution in [0, 0.1) is 0 Å². The van der Waals surface area contributed by atoms with E-state index in [-0.39, 0.29) is 11.1 Å². The Hall–Kier alpha value is -2.80. The largest absolute Gasteiger partial charge is 0.312 e. The Morgan fingerprint density at radius 2 is 1.95 bits per heavy atom. The molecular weight excluding hydrogens is 288 g/mol. The van der Waals surface area contributed by atoms with E-state index in [4.69, 9.17) is 0 Å². The normalized spacial score (nSPS) is 11.2. The predicted octanol–water partition coefficient (Wildman–Crippen LogP) is 1.68. The highest BCUT2D eigenvalue weighted by Gasteiger charge is 2.10. The number of nitrogens with one attached hydrogen (secondary N) is 1. The van der Waals surface area contributed by atoms with Crippen molar-refractivity contribution >= 4 is 32.5 Å². The smallest absolute Gasteiger partial charge is 0.268 e. The molecule has 102 valence electrons. The van der Waals surface area contributed by atoms with Gasteiger partial charge in [-0.05, 0) is 12.1 Å². The van der Waals surface area contributed by atoms with E-state index in [0.717, 1.165) is 0 Å². The van der Waals surface area contributed by atoms with Crippen LogP contribution < -0.4 is 11.1 Å². The van der Waals surface area contributed by atoms with Gasteiger partial charge in [-0.15, -0.1) is 11.3 Å². The molecule has 0 spiro atoms. The quantitative estimate of drug-likeness (QED) is 0.579. The second-order valence-electron chi connectivity index (χ2n) is 4.47. The fourth-order valence-electron chi connectivity index (χ4n) is 2.20. The summed E-state index contributed by atoms with van der Waals surface area (Å²) in [5.41, 5.74) is 0.844. The van der Waals surface area contributed by atoms with Crippen molar-refractivity contribution in [1.29, 1.82) is 0 Å². The van der Waals surface area contributed by atoms with E-state index < -0.39 is 0 Å². The molecule has 0 saturated carbocycles. The molecule has 3 aromatic heterocycles. The Kier molecular flexibility index (Phi) is 2.48. The summed E-state index contributed by atoms with van der Waals surface area (Å²) in [6.45, 7) is 0. The minimum atomic E-state index is -0.210. The molecule has 3 heterocycles. The molecule has 0 saturated heterocycles. The van der Waals surface area contributed by atoms with Crippen molar-refractivity contribution in [2.24, 2.45) is 0 Å². The Balaban J connectivity index is 2.04. The van der Waals surface area contributed by atoms with Crippen molar-refractivity contribution < 1.29 is 0 Å². The molecule has 0 radical (unpaired) electrons. The molecule has 0 bridgehead atoms. The van der Waals surface area contributed by atoms with Crippen LogP contribution in [-0.2, 0) is 0 Å². The van der Waals surface area contributed by atoms with Gasteiger partial charge >= 0.3 is 0 Å². The SMILES string of the molecule is O=c1[nH]cnc2cc(-n3cnc4ccccc4c3=O)sc12. The van der Waals surface area contributed by atoms with Crippen LogP contribution in [0.15, 0.2) is 52.6 Å². The van der Waals surface area contributed by atoms with E-state index in [1.807, 2.05) is 6.07 Å². The molecule has 0 aliphatic carbocycles. The maximum absolute atomic E-state index is 12.5. The number of hydrogen-bond donors (Lipinski definition) is 1. The first-order valence-electron chi connectivity index (χ1n) is 6.18. The Labute approximate surface area is 121 Å². The first-order chi connectivity index (χ1) is 10.2. The van der Waals surface area contributed by atoms with Crippen molar-refractivity contribution in [1.82, 2.24) is 19.5 Å². The minimum Gasteiger partial charge on any atom is -0.312 e. The van der Waals surface area contributed by atoms with Gasteiger partial charge in [0.25, 0.3) is 11.1 Å². The molecule has 0 amide bonds. The number of para-hydroxylation sites is 1. The number of nitrogens with zero attached hydrogens (tertiary/aromatic N) is 3. The summed E-state index contributed by atoms with van der Waals surface area (Å²) in [6, 6.07) is 8.87. The van der Waals surface area contributed by atoms with Crippen LogP contribution in [0.3, 0.4) is 0 Å². The first kappa shape index (κ1) is 12.0. The molecule has 0 aliphatic heterocycles. The van der Waals surface area contributed by atoms with Gasteiger partial charge in [-0.2, -0.15) is 0 Å². The molecular formula is C14H8N4O2S. The molecule has 4 rings (SSSR count). The van der Waals surface area contributed by atoms with Gasteiger partial charge in [0.1, 0.15) is 16.0 Å². The first-order valence-corrected chi connectivity index (χ1v) is 7.00. The highest BCUT2D eigenvalue weighted by Crippen LogP contribution is 2.23. The van der Waals surface area contributed by atoms with Crippen LogP contribution in [0.1, 0.15) is 0 Å². The summed E-state index contributed by atoms with van der Waals surface area (Å²) in [5, 5.41) is 1.16. The van der Waals surface area contributed by atoms with Crippen LogP contribution in [0.25, 0.3) is 26.1 Å². The van der Waals surface area contributed by atoms with Crippen LogP contribution in [-0.4, -0.2) is 19.5 Å². The summed E-state index contributed by atoms with van der Waals surface area (Å²) in [7, 11) is 0. The van der Waals surface area contributed by atoms with Crippen molar-refractivity contribution in [2.75, 3.05) is 0 Å². The maximum atomic E-state index is 12.5. The zero-order valence-corrected chi connectivity index (χ0v) is 11.4. The number of hydrogen-bond acceptors (Lipinski definition) is 5. The van der Waals surface area contributed by atoms with Gasteiger partial charge in [-0.3, -0.25) is 14.2 Å². The Bertz CT molecular complexity index is 1090. The summed E-state index contributed by atoms with van der Waals surface area (Å²) in [4.78, 5) is 35.1. The summed E-state index contributed by atoms with van der Waals surface area (Å²) in [5.74, 6) is 0. The zero-order chi connectivity index (χ0) is 14.4. The van der Waals surface area contributed by atoms with Crippen molar-refractivity contribution in [2.45, 2.75) is 0 Å². The monoisotopic (exact) mass is 296 g/mol. The average molecular weight is 296 g/mol. The molecule has 7 heteroatoms. The van der Waals surface area contributed by atoms with E-state index in [0.29, 0.717) is 26.1 Å². The van der Waals surface area contributed by atoms with Crippen molar-refractivity contribution in [3.05, 3.63) is 63.7 Å². The fraction of sp³-hybridized carbons (Fsp3) is 0. The van der Waals surface area contributed by atoms with Crippen LogP contribution in [0.4, 0.5) is 0 Å². The third kappa shape index (κ3) is 1.78. The molecule has 0 unspecified atom stereocenters. The molecule has 1 aromatic carbocycles. The van der Waals surface area contributed by atoms with E-state index in [2.05, 4.69) is 15.0 Å². The van der Waals surface area contributed by atoms with Crippen molar-refractivity contribution in [3.63, 3.8) is 0 Å². The molecule has 1 N–H and O–H groups in total. The highest BCUT2D eigenvalue weighted by molar-refractivity contribution is 7.21. The molecule has 4 aromatic rings. The van der Waals surface area contributed by atoms with Crippen LogP contribution >= 0.6 is 11.3 Å². The van der Waals surface area contributed by atoms with E-state index in [1.165, 1.54) is 28.6 Å². The topological polar surface area (TPSA) is 80.6 Å². The molecule has 21 heavy (non-hydrogen) atoms. The molecule has 0 aliphatic rings. The van der Waals surface area contributed by atoms with Crippen LogP contribution in [0.2, 0.25) is 0 Å². The van der Waals surface area contributed by atoms with Gasteiger partial charge in [0.2, 0.25) is 0 Å². The zero-order valence-electron chi connectivity index (χ0n) is 10.6. The second-order valence-corrected chi connectivity index (χ2v) is 5.50.